The van der Waals surface area contributed by atoms with Crippen molar-refractivity contribution in [1.82, 2.24) is 4.98 Å². The molecule has 2 aromatic carbocycles. The summed E-state index contributed by atoms with van der Waals surface area (Å²) in [6.45, 7) is -0.422. The zero-order valence-corrected chi connectivity index (χ0v) is 14.4. The Labute approximate surface area is 149 Å². The number of fused-ring (bicyclic) bond motifs is 1. The van der Waals surface area contributed by atoms with Gasteiger partial charge in [-0.2, -0.15) is 0 Å². The van der Waals surface area contributed by atoms with Crippen LogP contribution in [0.4, 0.5) is 5.69 Å². The van der Waals surface area contributed by atoms with E-state index >= 15 is 0 Å². The van der Waals surface area contributed by atoms with Crippen molar-refractivity contribution in [3.8, 4) is 11.5 Å². The van der Waals surface area contributed by atoms with Gasteiger partial charge in [-0.05, 0) is 24.3 Å². The molecule has 0 aliphatic heterocycles. The van der Waals surface area contributed by atoms with Crippen molar-refractivity contribution in [2.45, 2.75) is 0 Å². The molecule has 7 nitrogen and oxygen atoms in total. The third-order valence-corrected chi connectivity index (χ3v) is 3.76. The van der Waals surface area contributed by atoms with Crippen molar-refractivity contribution in [3.05, 3.63) is 54.2 Å². The molecule has 3 aromatic rings. The summed E-state index contributed by atoms with van der Waals surface area (Å²) in [7, 11) is 3.02. The van der Waals surface area contributed by atoms with Crippen molar-refractivity contribution in [2.24, 2.45) is 0 Å². The molecule has 1 heterocycles. The fourth-order valence-electron chi connectivity index (χ4n) is 2.49. The average Bonchev–Trinajstić information content (AvgIpc) is 3.10. The highest BCUT2D eigenvalue weighted by Gasteiger charge is 2.14. The lowest BCUT2D eigenvalue weighted by molar-refractivity contribution is -0.119. The van der Waals surface area contributed by atoms with Crippen molar-refractivity contribution in [1.29, 1.82) is 0 Å². The summed E-state index contributed by atoms with van der Waals surface area (Å²) >= 11 is 0. The van der Waals surface area contributed by atoms with E-state index < -0.39 is 18.5 Å². The minimum Gasteiger partial charge on any atom is -0.497 e. The number of H-pyrrole nitrogens is 1. The first kappa shape index (κ1) is 17.3. The minimum absolute atomic E-state index is 0.290. The molecule has 26 heavy (non-hydrogen) atoms. The fourth-order valence-corrected chi connectivity index (χ4v) is 2.49. The number of amides is 1. The van der Waals surface area contributed by atoms with Crippen LogP contribution >= 0.6 is 0 Å². The summed E-state index contributed by atoms with van der Waals surface area (Å²) in [5, 5.41) is 3.53. The fraction of sp³-hybridized carbons (Fsp3) is 0.158. The monoisotopic (exact) mass is 354 g/mol. The van der Waals surface area contributed by atoms with Gasteiger partial charge in [0, 0.05) is 17.0 Å². The molecule has 1 amide bonds. The van der Waals surface area contributed by atoms with Gasteiger partial charge in [-0.15, -0.1) is 0 Å². The molecule has 0 atom stereocenters. The van der Waals surface area contributed by atoms with Crippen LogP contribution in [0.2, 0.25) is 0 Å². The molecule has 3 rings (SSSR count). The number of carbonyl (C=O) groups is 2. The molecule has 0 saturated heterocycles. The van der Waals surface area contributed by atoms with Crippen molar-refractivity contribution >= 4 is 28.5 Å². The van der Waals surface area contributed by atoms with E-state index in [1.807, 2.05) is 24.3 Å². The maximum absolute atomic E-state index is 12.1. The highest BCUT2D eigenvalue weighted by molar-refractivity contribution is 5.98. The Morgan fingerprint density at radius 2 is 1.85 bits per heavy atom. The van der Waals surface area contributed by atoms with E-state index in [1.165, 1.54) is 14.2 Å². The first-order valence-electron chi connectivity index (χ1n) is 7.87. The van der Waals surface area contributed by atoms with Crippen molar-refractivity contribution < 1.29 is 23.8 Å². The highest BCUT2D eigenvalue weighted by atomic mass is 16.5. The topological polar surface area (TPSA) is 89.7 Å². The molecule has 0 spiro atoms. The molecule has 0 radical (unpaired) electrons. The van der Waals surface area contributed by atoms with E-state index in [2.05, 4.69) is 10.3 Å². The lowest BCUT2D eigenvalue weighted by Crippen LogP contribution is -2.21. The van der Waals surface area contributed by atoms with Gasteiger partial charge in [0.25, 0.3) is 5.91 Å². The molecule has 0 unspecified atom stereocenters. The van der Waals surface area contributed by atoms with Crippen LogP contribution in [0.3, 0.4) is 0 Å². The predicted octanol–water partition coefficient (Wildman–Crippen LogP) is 2.98. The van der Waals surface area contributed by atoms with Crippen LogP contribution in [0.15, 0.2) is 48.5 Å². The van der Waals surface area contributed by atoms with Gasteiger partial charge in [0.05, 0.1) is 19.9 Å². The Balaban J connectivity index is 1.62. The minimum atomic E-state index is -0.603. The Hall–Kier alpha value is -3.48. The molecule has 2 N–H and O–H groups in total. The number of anilines is 1. The number of hydrogen-bond donors (Lipinski definition) is 2. The van der Waals surface area contributed by atoms with E-state index in [9.17, 15) is 9.59 Å². The van der Waals surface area contributed by atoms with Crippen molar-refractivity contribution in [2.75, 3.05) is 26.1 Å². The summed E-state index contributed by atoms with van der Waals surface area (Å²) < 4.78 is 15.4. The van der Waals surface area contributed by atoms with E-state index in [0.717, 1.165) is 10.9 Å². The smallest absolute Gasteiger partial charge is 0.355 e. The van der Waals surface area contributed by atoms with E-state index in [1.54, 1.807) is 24.3 Å². The van der Waals surface area contributed by atoms with Gasteiger partial charge in [-0.1, -0.05) is 18.2 Å². The number of esters is 1. The second-order valence-corrected chi connectivity index (χ2v) is 5.46. The maximum Gasteiger partial charge on any atom is 0.355 e. The lowest BCUT2D eigenvalue weighted by atomic mass is 10.2. The third-order valence-electron chi connectivity index (χ3n) is 3.76. The molecule has 0 aliphatic carbocycles. The van der Waals surface area contributed by atoms with E-state index in [0.29, 0.717) is 17.2 Å². The van der Waals surface area contributed by atoms with Crippen LogP contribution in [-0.2, 0) is 9.53 Å². The maximum atomic E-state index is 12.1. The summed E-state index contributed by atoms with van der Waals surface area (Å²) in [4.78, 5) is 27.2. The lowest BCUT2D eigenvalue weighted by Gasteiger charge is -2.11. The summed E-state index contributed by atoms with van der Waals surface area (Å²) in [5.41, 5.74) is 1.54. The molecule has 134 valence electrons. The first-order chi connectivity index (χ1) is 12.6. The van der Waals surface area contributed by atoms with Gasteiger partial charge >= 0.3 is 5.97 Å². The molecule has 0 bridgehead atoms. The number of methoxy groups -OCH3 is 2. The molecule has 0 saturated carbocycles. The number of rotatable bonds is 6. The number of hydrogen-bond acceptors (Lipinski definition) is 5. The van der Waals surface area contributed by atoms with Gasteiger partial charge in [0.1, 0.15) is 17.2 Å². The highest BCUT2D eigenvalue weighted by Crippen LogP contribution is 2.28. The SMILES string of the molecule is COc1ccc(OC)c(NC(=O)COC(=O)c2cc3ccccc3[nH]2)c1. The number of ether oxygens (including phenoxy) is 3. The predicted molar refractivity (Wildman–Crippen MR) is 96.8 cm³/mol. The van der Waals surface area contributed by atoms with Gasteiger partial charge in [-0.3, -0.25) is 4.79 Å². The van der Waals surface area contributed by atoms with Crippen LogP contribution in [0.1, 0.15) is 10.5 Å². The van der Waals surface area contributed by atoms with Gasteiger partial charge < -0.3 is 24.5 Å². The van der Waals surface area contributed by atoms with E-state index in [-0.39, 0.29) is 5.69 Å². The van der Waals surface area contributed by atoms with Gasteiger partial charge in [-0.25, -0.2) is 4.79 Å². The zero-order valence-electron chi connectivity index (χ0n) is 14.4. The second-order valence-electron chi connectivity index (χ2n) is 5.46. The molecule has 0 fully saturated rings. The number of aromatic amines is 1. The standard InChI is InChI=1S/C19H18N2O5/c1-24-13-7-8-17(25-2)15(10-13)21-18(22)11-26-19(23)16-9-12-5-3-4-6-14(12)20-16/h3-10,20H,11H2,1-2H3,(H,21,22). The van der Waals surface area contributed by atoms with Crippen LogP contribution in [0, 0.1) is 0 Å². The van der Waals surface area contributed by atoms with E-state index in [4.69, 9.17) is 14.2 Å². The molecule has 7 heteroatoms. The average molecular weight is 354 g/mol. The van der Waals surface area contributed by atoms with Crippen LogP contribution in [0.5, 0.6) is 11.5 Å². The van der Waals surface area contributed by atoms with Gasteiger partial charge in [0.15, 0.2) is 6.61 Å². The summed E-state index contributed by atoms with van der Waals surface area (Å²) in [5.74, 6) is -0.0489. The number of aromatic nitrogens is 1. The Morgan fingerprint density at radius 1 is 1.04 bits per heavy atom. The quantitative estimate of drug-likeness (QED) is 0.664. The van der Waals surface area contributed by atoms with Gasteiger partial charge in [0.2, 0.25) is 0 Å². The number of para-hydroxylation sites is 1. The summed E-state index contributed by atoms with van der Waals surface area (Å²) in [6, 6.07) is 14.2. The van der Waals surface area contributed by atoms with Crippen LogP contribution < -0.4 is 14.8 Å². The second kappa shape index (κ2) is 7.60. The number of benzene rings is 2. The normalized spacial score (nSPS) is 10.4. The summed E-state index contributed by atoms with van der Waals surface area (Å²) in [6.07, 6.45) is 0. The molecular weight excluding hydrogens is 336 g/mol. The van der Waals surface area contributed by atoms with Crippen LogP contribution in [-0.4, -0.2) is 37.7 Å². The molecule has 1 aromatic heterocycles. The Morgan fingerprint density at radius 3 is 2.58 bits per heavy atom. The van der Waals surface area contributed by atoms with Crippen LogP contribution in [0.25, 0.3) is 10.9 Å². The Bertz CT molecular complexity index is 915. The Kier molecular flexibility index (Phi) is 5.07. The zero-order chi connectivity index (χ0) is 18.5. The largest absolute Gasteiger partial charge is 0.497 e. The number of nitrogens with one attached hydrogen (secondary N) is 2. The number of carbonyl (C=O) groups excluding carboxylic acids is 2. The molecular formula is C19H18N2O5. The van der Waals surface area contributed by atoms with Crippen molar-refractivity contribution in [3.63, 3.8) is 0 Å². The first-order valence-corrected chi connectivity index (χ1v) is 7.87. The molecule has 0 aliphatic rings. The third kappa shape index (κ3) is 3.77.